The van der Waals surface area contributed by atoms with Crippen molar-refractivity contribution in [1.29, 1.82) is 0 Å². The van der Waals surface area contributed by atoms with Crippen LogP contribution in [-0.2, 0) is 14.8 Å². The Morgan fingerprint density at radius 1 is 1.47 bits per heavy atom. The molecule has 1 amide bonds. The lowest BCUT2D eigenvalue weighted by molar-refractivity contribution is -0.136. The van der Waals surface area contributed by atoms with E-state index in [0.29, 0.717) is 13.0 Å². The average Bonchev–Trinajstić information content (AvgIpc) is 2.35. The molecule has 112 valence electrons. The highest BCUT2D eigenvalue weighted by atomic mass is 32.2. The van der Waals surface area contributed by atoms with Crippen LogP contribution in [0.5, 0.6) is 0 Å². The molecule has 6 nitrogen and oxygen atoms in total. The number of hydrogen-bond acceptors (Lipinski definition) is 4. The Morgan fingerprint density at radius 3 is 2.74 bits per heavy atom. The average molecular weight is 291 g/mol. The number of hydrogen-bond donors (Lipinski definition) is 2. The van der Waals surface area contributed by atoms with Gasteiger partial charge in [-0.2, -0.15) is 0 Å². The first-order chi connectivity index (χ1) is 8.85. The summed E-state index contributed by atoms with van der Waals surface area (Å²) in [6, 6.07) is -0.539. The summed E-state index contributed by atoms with van der Waals surface area (Å²) in [7, 11) is -3.22. The molecule has 0 spiro atoms. The molecular formula is C12H25N3O3S. The van der Waals surface area contributed by atoms with Gasteiger partial charge in [0.25, 0.3) is 0 Å². The van der Waals surface area contributed by atoms with Crippen molar-refractivity contribution >= 4 is 15.9 Å². The van der Waals surface area contributed by atoms with Crippen LogP contribution in [0.2, 0.25) is 0 Å². The van der Waals surface area contributed by atoms with Crippen LogP contribution in [0, 0.1) is 0 Å². The van der Waals surface area contributed by atoms with Crippen LogP contribution < -0.4 is 10.5 Å². The van der Waals surface area contributed by atoms with Crippen molar-refractivity contribution < 1.29 is 13.2 Å². The van der Waals surface area contributed by atoms with Crippen molar-refractivity contribution in [2.75, 3.05) is 19.3 Å². The highest BCUT2D eigenvalue weighted by molar-refractivity contribution is 7.88. The van der Waals surface area contributed by atoms with Crippen molar-refractivity contribution in [3.05, 3.63) is 0 Å². The predicted molar refractivity (Wildman–Crippen MR) is 75.1 cm³/mol. The number of likely N-dealkylation sites (tertiary alicyclic amines) is 1. The van der Waals surface area contributed by atoms with Gasteiger partial charge in [-0.15, -0.1) is 0 Å². The van der Waals surface area contributed by atoms with Crippen LogP contribution in [0.3, 0.4) is 0 Å². The second-order valence-corrected chi connectivity index (χ2v) is 7.03. The number of nitrogens with one attached hydrogen (secondary N) is 1. The van der Waals surface area contributed by atoms with Crippen LogP contribution in [0.15, 0.2) is 0 Å². The molecular weight excluding hydrogens is 266 g/mol. The van der Waals surface area contributed by atoms with Crippen LogP contribution in [0.25, 0.3) is 0 Å². The van der Waals surface area contributed by atoms with Gasteiger partial charge >= 0.3 is 0 Å². The quantitative estimate of drug-likeness (QED) is 0.723. The summed E-state index contributed by atoms with van der Waals surface area (Å²) in [6.07, 6.45) is 5.47. The normalized spacial score (nSPS) is 22.3. The van der Waals surface area contributed by atoms with E-state index in [4.69, 9.17) is 5.73 Å². The zero-order chi connectivity index (χ0) is 14.5. The Hall–Kier alpha value is -0.660. The Kier molecular flexibility index (Phi) is 6.22. The van der Waals surface area contributed by atoms with Crippen LogP contribution in [0.1, 0.15) is 39.0 Å². The first-order valence-electron chi connectivity index (χ1n) is 6.86. The third-order valence-corrected chi connectivity index (χ3v) is 4.10. The molecule has 0 aromatic rings. The van der Waals surface area contributed by atoms with Gasteiger partial charge in [-0.1, -0.05) is 13.3 Å². The number of amides is 1. The molecule has 7 heteroatoms. The fraction of sp³-hybridized carbons (Fsp3) is 0.917. The van der Waals surface area contributed by atoms with E-state index in [0.717, 1.165) is 31.9 Å². The summed E-state index contributed by atoms with van der Waals surface area (Å²) in [6.45, 7) is 2.95. The number of carbonyl (C=O) groups excluding carboxylic acids is 1. The largest absolute Gasteiger partial charge is 0.337 e. The number of nitrogens with two attached hydrogens (primary N) is 1. The summed E-state index contributed by atoms with van der Waals surface area (Å²) in [5.41, 5.74) is 5.87. The molecule has 0 aromatic heterocycles. The molecule has 1 rings (SSSR count). The van der Waals surface area contributed by atoms with E-state index in [2.05, 4.69) is 4.72 Å². The smallest absolute Gasteiger partial charge is 0.239 e. The molecule has 1 saturated heterocycles. The van der Waals surface area contributed by atoms with Crippen LogP contribution in [-0.4, -0.2) is 50.7 Å². The van der Waals surface area contributed by atoms with E-state index in [-0.39, 0.29) is 18.5 Å². The molecule has 0 saturated carbocycles. The number of carbonyl (C=O) groups is 1. The molecule has 1 fully saturated rings. The third kappa shape index (κ3) is 5.46. The summed E-state index contributed by atoms with van der Waals surface area (Å²) >= 11 is 0. The lowest BCUT2D eigenvalue weighted by Crippen LogP contribution is -2.54. The Morgan fingerprint density at radius 2 is 2.16 bits per heavy atom. The summed E-state index contributed by atoms with van der Waals surface area (Å²) in [5.74, 6) is -0.0538. The van der Waals surface area contributed by atoms with E-state index in [9.17, 15) is 13.2 Å². The standard InChI is InChI=1S/C12H25N3O3S/c1-3-6-11(13)12(16)15-8-5-4-7-10(15)9-14-19(2,17)18/h10-11,14H,3-9,13H2,1-2H3. The van der Waals surface area contributed by atoms with E-state index >= 15 is 0 Å². The minimum atomic E-state index is -3.22. The molecule has 0 radical (unpaired) electrons. The van der Waals surface area contributed by atoms with E-state index in [1.54, 1.807) is 4.90 Å². The monoisotopic (exact) mass is 291 g/mol. The van der Waals surface area contributed by atoms with Gasteiger partial charge in [0.05, 0.1) is 12.3 Å². The second kappa shape index (κ2) is 7.21. The van der Waals surface area contributed by atoms with Gasteiger partial charge in [0.2, 0.25) is 15.9 Å². The minimum Gasteiger partial charge on any atom is -0.337 e. The highest BCUT2D eigenvalue weighted by Crippen LogP contribution is 2.18. The highest BCUT2D eigenvalue weighted by Gasteiger charge is 2.29. The van der Waals surface area contributed by atoms with Gasteiger partial charge in [0, 0.05) is 19.1 Å². The van der Waals surface area contributed by atoms with Gasteiger partial charge in [-0.05, 0) is 25.7 Å². The maximum atomic E-state index is 12.2. The van der Waals surface area contributed by atoms with Gasteiger partial charge in [0.15, 0.2) is 0 Å². The van der Waals surface area contributed by atoms with Crippen LogP contribution >= 0.6 is 0 Å². The van der Waals surface area contributed by atoms with Crippen molar-refractivity contribution in [2.45, 2.75) is 51.1 Å². The Bertz CT molecular complexity index is 397. The summed E-state index contributed by atoms with van der Waals surface area (Å²) in [4.78, 5) is 14.0. The van der Waals surface area contributed by atoms with E-state index in [1.165, 1.54) is 0 Å². The fourth-order valence-corrected chi connectivity index (χ4v) is 2.89. The molecule has 1 heterocycles. The second-order valence-electron chi connectivity index (χ2n) is 5.20. The fourth-order valence-electron chi connectivity index (χ4n) is 2.40. The SMILES string of the molecule is CCCC(N)C(=O)N1CCCCC1CNS(C)(=O)=O. The first kappa shape index (κ1) is 16.4. The molecule has 19 heavy (non-hydrogen) atoms. The van der Waals surface area contributed by atoms with Gasteiger partial charge in [0.1, 0.15) is 0 Å². The molecule has 2 unspecified atom stereocenters. The van der Waals surface area contributed by atoms with Gasteiger partial charge in [-0.25, -0.2) is 13.1 Å². The van der Waals surface area contributed by atoms with Crippen LogP contribution in [0.4, 0.5) is 0 Å². The Labute approximate surface area is 115 Å². The molecule has 1 aliphatic heterocycles. The third-order valence-electron chi connectivity index (χ3n) is 3.41. The van der Waals surface area contributed by atoms with E-state index < -0.39 is 16.1 Å². The zero-order valence-corrected chi connectivity index (χ0v) is 12.6. The maximum absolute atomic E-state index is 12.2. The summed E-state index contributed by atoms with van der Waals surface area (Å²) in [5, 5.41) is 0. The summed E-state index contributed by atoms with van der Waals surface area (Å²) < 4.78 is 24.8. The number of sulfonamides is 1. The number of nitrogens with zero attached hydrogens (tertiary/aromatic N) is 1. The molecule has 0 aromatic carbocycles. The maximum Gasteiger partial charge on any atom is 0.239 e. The van der Waals surface area contributed by atoms with Gasteiger partial charge < -0.3 is 10.6 Å². The molecule has 2 atom stereocenters. The molecule has 0 aliphatic carbocycles. The molecule has 3 N–H and O–H groups in total. The van der Waals surface area contributed by atoms with Gasteiger partial charge in [-0.3, -0.25) is 4.79 Å². The van der Waals surface area contributed by atoms with Crippen molar-refractivity contribution in [2.24, 2.45) is 5.73 Å². The van der Waals surface area contributed by atoms with Crippen molar-refractivity contribution in [1.82, 2.24) is 9.62 Å². The lowest BCUT2D eigenvalue weighted by Gasteiger charge is -2.37. The van der Waals surface area contributed by atoms with Crippen molar-refractivity contribution in [3.8, 4) is 0 Å². The molecule has 0 bridgehead atoms. The predicted octanol–water partition coefficient (Wildman–Crippen LogP) is 0.0441. The molecule has 1 aliphatic rings. The number of rotatable bonds is 6. The van der Waals surface area contributed by atoms with Crippen molar-refractivity contribution in [3.63, 3.8) is 0 Å². The number of piperidine rings is 1. The Balaban J connectivity index is 2.64. The first-order valence-corrected chi connectivity index (χ1v) is 8.75. The van der Waals surface area contributed by atoms with E-state index in [1.807, 2.05) is 6.92 Å². The topological polar surface area (TPSA) is 92.5 Å². The minimum absolute atomic E-state index is 0.0538. The lowest BCUT2D eigenvalue weighted by atomic mass is 10.0. The zero-order valence-electron chi connectivity index (χ0n) is 11.8.